The predicted octanol–water partition coefficient (Wildman–Crippen LogP) is 5.44. The maximum atomic E-state index is 12.7. The molecule has 3 heterocycles. The van der Waals surface area contributed by atoms with Crippen LogP contribution >= 0.6 is 34.5 Å². The van der Waals surface area contributed by atoms with Crippen LogP contribution in [0.5, 0.6) is 0 Å². The summed E-state index contributed by atoms with van der Waals surface area (Å²) in [5.41, 5.74) is 1.60. The Hall–Kier alpha value is -3.19. The van der Waals surface area contributed by atoms with E-state index in [9.17, 15) is 4.79 Å². The Morgan fingerprint density at radius 1 is 0.968 bits per heavy atom. The summed E-state index contributed by atoms with van der Waals surface area (Å²) in [7, 11) is 0. The van der Waals surface area contributed by atoms with Crippen molar-refractivity contribution >= 4 is 57.7 Å². The van der Waals surface area contributed by atoms with Gasteiger partial charge in [-0.1, -0.05) is 70.9 Å². The molecule has 2 aromatic carbocycles. The molecule has 5 rings (SSSR count). The Labute approximate surface area is 190 Å². The third kappa shape index (κ3) is 4.05. The van der Waals surface area contributed by atoms with E-state index in [0.717, 1.165) is 11.1 Å². The molecule has 5 nitrogen and oxygen atoms in total. The van der Waals surface area contributed by atoms with Gasteiger partial charge >= 0.3 is 0 Å². The highest BCUT2D eigenvalue weighted by molar-refractivity contribution is 7.15. The van der Waals surface area contributed by atoms with Crippen LogP contribution in [0.4, 0.5) is 0 Å². The molecule has 0 atom stereocenters. The molecule has 0 fully saturated rings. The first kappa shape index (κ1) is 19.8. The van der Waals surface area contributed by atoms with Crippen molar-refractivity contribution in [2.75, 3.05) is 0 Å². The van der Waals surface area contributed by atoms with E-state index in [0.29, 0.717) is 36.9 Å². The number of halogens is 2. The van der Waals surface area contributed by atoms with Crippen molar-refractivity contribution < 1.29 is 4.42 Å². The first-order valence-electron chi connectivity index (χ1n) is 9.26. The number of fused-ring (bicyclic) bond motifs is 1. The predicted molar refractivity (Wildman–Crippen MR) is 125 cm³/mol. The van der Waals surface area contributed by atoms with E-state index in [-0.39, 0.29) is 5.56 Å². The van der Waals surface area contributed by atoms with Crippen LogP contribution in [0.15, 0.2) is 69.9 Å². The summed E-state index contributed by atoms with van der Waals surface area (Å²) >= 11 is 13.3. The Kier molecular flexibility index (Phi) is 5.19. The van der Waals surface area contributed by atoms with E-state index >= 15 is 0 Å². The number of furan rings is 1. The normalized spacial score (nSPS) is 12.4. The number of benzene rings is 2. The molecular weight excluding hydrogens is 453 g/mol. The lowest BCUT2D eigenvalue weighted by molar-refractivity contribution is 0.571. The minimum absolute atomic E-state index is 0.237. The van der Waals surface area contributed by atoms with Crippen molar-refractivity contribution in [1.82, 2.24) is 14.6 Å². The molecule has 0 aliphatic heterocycles. The van der Waals surface area contributed by atoms with Gasteiger partial charge in [0.25, 0.3) is 5.56 Å². The van der Waals surface area contributed by atoms with Gasteiger partial charge in [0.15, 0.2) is 5.82 Å². The van der Waals surface area contributed by atoms with Crippen molar-refractivity contribution in [3.05, 3.63) is 103 Å². The molecule has 152 valence electrons. The molecule has 0 radical (unpaired) electrons. The fourth-order valence-corrected chi connectivity index (χ4v) is 4.21. The first-order valence-corrected chi connectivity index (χ1v) is 10.8. The van der Waals surface area contributed by atoms with E-state index < -0.39 is 0 Å². The van der Waals surface area contributed by atoms with Gasteiger partial charge in [0, 0.05) is 11.6 Å². The number of hydrogen-bond donors (Lipinski definition) is 0. The summed E-state index contributed by atoms with van der Waals surface area (Å²) in [5.74, 6) is 1.66. The Bertz CT molecular complexity index is 1530. The highest BCUT2D eigenvalue weighted by Crippen LogP contribution is 2.29. The SMILES string of the molecule is O=c1/c(=C/c2ccc(-c3ccc(Cl)c(Cl)c3)o2)sc2nc(/C=C/c3ccccc3)nn12. The molecule has 8 heteroatoms. The van der Waals surface area contributed by atoms with Crippen LogP contribution in [0, 0.1) is 0 Å². The topological polar surface area (TPSA) is 60.4 Å². The third-order valence-corrected chi connectivity index (χ3v) is 6.23. The second-order valence-electron chi connectivity index (χ2n) is 6.66. The minimum atomic E-state index is -0.237. The third-order valence-electron chi connectivity index (χ3n) is 4.53. The molecule has 31 heavy (non-hydrogen) atoms. The summed E-state index contributed by atoms with van der Waals surface area (Å²) < 4.78 is 7.66. The number of thiazole rings is 1. The lowest BCUT2D eigenvalue weighted by Gasteiger charge is -1.99. The van der Waals surface area contributed by atoms with Gasteiger partial charge in [0.2, 0.25) is 4.96 Å². The fraction of sp³-hybridized carbons (Fsp3) is 0. The molecule has 0 bridgehead atoms. The summed E-state index contributed by atoms with van der Waals surface area (Å²) in [6.45, 7) is 0. The zero-order chi connectivity index (χ0) is 21.4. The molecule has 0 amide bonds. The Balaban J connectivity index is 1.44. The van der Waals surface area contributed by atoms with Gasteiger partial charge in [-0.2, -0.15) is 9.50 Å². The van der Waals surface area contributed by atoms with E-state index in [2.05, 4.69) is 10.1 Å². The van der Waals surface area contributed by atoms with E-state index in [1.54, 1.807) is 30.4 Å². The highest BCUT2D eigenvalue weighted by Gasteiger charge is 2.10. The van der Waals surface area contributed by atoms with Crippen molar-refractivity contribution in [2.24, 2.45) is 0 Å². The number of hydrogen-bond acceptors (Lipinski definition) is 5. The Morgan fingerprint density at radius 3 is 2.58 bits per heavy atom. The minimum Gasteiger partial charge on any atom is -0.457 e. The summed E-state index contributed by atoms with van der Waals surface area (Å²) in [5, 5.41) is 5.23. The van der Waals surface area contributed by atoms with Crippen LogP contribution in [0.3, 0.4) is 0 Å². The molecule has 0 unspecified atom stereocenters. The zero-order valence-corrected chi connectivity index (χ0v) is 18.2. The molecule has 5 aromatic rings. The van der Waals surface area contributed by atoms with E-state index in [1.165, 1.54) is 15.9 Å². The molecule has 3 aromatic heterocycles. The zero-order valence-electron chi connectivity index (χ0n) is 15.8. The van der Waals surface area contributed by atoms with E-state index in [1.807, 2.05) is 48.5 Å². The van der Waals surface area contributed by atoms with Gasteiger partial charge in [0.1, 0.15) is 16.1 Å². The average Bonchev–Trinajstić information content (AvgIpc) is 3.47. The molecule has 0 saturated heterocycles. The van der Waals surface area contributed by atoms with Crippen LogP contribution in [0.2, 0.25) is 10.0 Å². The lowest BCUT2D eigenvalue weighted by atomic mass is 10.2. The standard InChI is InChI=1S/C23H13Cl2N3O2S/c24-17-9-7-15(12-18(17)25)19-10-8-16(30-19)13-20-22(29)28-23(31-20)26-21(27-28)11-6-14-4-2-1-3-5-14/h1-13H/b11-6+,20-13-. The largest absolute Gasteiger partial charge is 0.457 e. The first-order chi connectivity index (χ1) is 15.1. The van der Waals surface area contributed by atoms with Crippen molar-refractivity contribution in [3.8, 4) is 11.3 Å². The molecule has 0 aliphatic carbocycles. The second kappa shape index (κ2) is 8.15. The maximum Gasteiger partial charge on any atom is 0.291 e. The lowest BCUT2D eigenvalue weighted by Crippen LogP contribution is -2.23. The molecule has 0 spiro atoms. The molecule has 0 saturated carbocycles. The van der Waals surface area contributed by atoms with Gasteiger partial charge in [0.05, 0.1) is 10.0 Å². The monoisotopic (exact) mass is 465 g/mol. The summed E-state index contributed by atoms with van der Waals surface area (Å²) in [4.78, 5) is 17.7. The van der Waals surface area contributed by atoms with Gasteiger partial charge in [-0.15, -0.1) is 5.10 Å². The van der Waals surface area contributed by atoms with Crippen molar-refractivity contribution in [3.63, 3.8) is 0 Å². The highest BCUT2D eigenvalue weighted by atomic mass is 35.5. The summed E-state index contributed by atoms with van der Waals surface area (Å²) in [6.07, 6.45) is 5.38. The number of nitrogens with zero attached hydrogens (tertiary/aromatic N) is 3. The van der Waals surface area contributed by atoms with Crippen LogP contribution in [-0.2, 0) is 0 Å². The van der Waals surface area contributed by atoms with Crippen LogP contribution in [0.25, 0.3) is 34.5 Å². The van der Waals surface area contributed by atoms with Crippen LogP contribution < -0.4 is 10.1 Å². The van der Waals surface area contributed by atoms with Gasteiger partial charge in [-0.3, -0.25) is 4.79 Å². The van der Waals surface area contributed by atoms with Gasteiger partial charge < -0.3 is 4.42 Å². The van der Waals surface area contributed by atoms with Crippen molar-refractivity contribution in [2.45, 2.75) is 0 Å². The van der Waals surface area contributed by atoms with Crippen LogP contribution in [0.1, 0.15) is 17.1 Å². The Morgan fingerprint density at radius 2 is 1.81 bits per heavy atom. The molecule has 0 N–H and O–H groups in total. The second-order valence-corrected chi connectivity index (χ2v) is 8.48. The quantitative estimate of drug-likeness (QED) is 0.354. The number of aromatic nitrogens is 3. The summed E-state index contributed by atoms with van der Waals surface area (Å²) in [6, 6.07) is 18.7. The maximum absolute atomic E-state index is 12.7. The fourth-order valence-electron chi connectivity index (χ4n) is 3.02. The van der Waals surface area contributed by atoms with Crippen LogP contribution in [-0.4, -0.2) is 14.6 Å². The van der Waals surface area contributed by atoms with Gasteiger partial charge in [-0.25, -0.2) is 0 Å². The number of rotatable bonds is 4. The molecule has 0 aliphatic rings. The van der Waals surface area contributed by atoms with Gasteiger partial charge in [-0.05, 0) is 42.0 Å². The van der Waals surface area contributed by atoms with E-state index in [4.69, 9.17) is 27.6 Å². The van der Waals surface area contributed by atoms with Crippen molar-refractivity contribution in [1.29, 1.82) is 0 Å². The molecular formula is C23H13Cl2N3O2S. The average molecular weight is 466 g/mol. The smallest absolute Gasteiger partial charge is 0.291 e.